The Morgan fingerprint density at radius 3 is 2.42 bits per heavy atom. The fraction of sp³-hybridized carbons (Fsp3) is 0.857. The standard InChI is InChI=1S/C7H14O4S/c1-3-4-5-12(9,10)6-7(8)11-2/h3-6H2,1-2H3. The molecule has 0 spiro atoms. The van der Waals surface area contributed by atoms with E-state index in [1.54, 1.807) is 0 Å². The molecule has 0 aliphatic carbocycles. The summed E-state index contributed by atoms with van der Waals surface area (Å²) < 4.78 is 26.4. The summed E-state index contributed by atoms with van der Waals surface area (Å²) in [6.07, 6.45) is 1.40. The van der Waals surface area contributed by atoms with Gasteiger partial charge in [-0.25, -0.2) is 8.42 Å². The summed E-state index contributed by atoms with van der Waals surface area (Å²) in [5, 5.41) is 0. The molecule has 0 saturated heterocycles. The Hall–Kier alpha value is -0.580. The fourth-order valence-corrected chi connectivity index (χ4v) is 2.02. The second kappa shape index (κ2) is 5.13. The van der Waals surface area contributed by atoms with E-state index in [0.717, 1.165) is 6.42 Å². The Morgan fingerprint density at radius 1 is 1.42 bits per heavy atom. The zero-order valence-electron chi connectivity index (χ0n) is 7.37. The molecule has 4 nitrogen and oxygen atoms in total. The molecule has 72 valence electrons. The van der Waals surface area contributed by atoms with Crippen molar-refractivity contribution in [3.8, 4) is 0 Å². The molecule has 5 heteroatoms. The first-order valence-electron chi connectivity index (χ1n) is 3.79. The summed E-state index contributed by atoms with van der Waals surface area (Å²) >= 11 is 0. The zero-order chi connectivity index (χ0) is 9.61. The van der Waals surface area contributed by atoms with E-state index >= 15 is 0 Å². The molecule has 0 aromatic carbocycles. The minimum absolute atomic E-state index is 0.0681. The molecule has 0 saturated carbocycles. The Balaban J connectivity index is 3.96. The lowest BCUT2D eigenvalue weighted by atomic mass is 10.4. The minimum Gasteiger partial charge on any atom is -0.468 e. The van der Waals surface area contributed by atoms with Crippen molar-refractivity contribution in [2.24, 2.45) is 0 Å². The maximum atomic E-state index is 11.1. The Labute approximate surface area is 72.8 Å². The van der Waals surface area contributed by atoms with Gasteiger partial charge in [-0.3, -0.25) is 4.79 Å². The van der Waals surface area contributed by atoms with E-state index in [4.69, 9.17) is 0 Å². The van der Waals surface area contributed by atoms with E-state index in [1.165, 1.54) is 7.11 Å². The Morgan fingerprint density at radius 2 is 2.00 bits per heavy atom. The van der Waals surface area contributed by atoms with Crippen molar-refractivity contribution in [2.45, 2.75) is 19.8 Å². The van der Waals surface area contributed by atoms with Crippen LogP contribution in [0.1, 0.15) is 19.8 Å². The number of hydrogen-bond donors (Lipinski definition) is 0. The summed E-state index contributed by atoms with van der Waals surface area (Å²) in [6, 6.07) is 0. The first-order valence-corrected chi connectivity index (χ1v) is 5.61. The van der Waals surface area contributed by atoms with Gasteiger partial charge in [-0.2, -0.15) is 0 Å². The number of sulfone groups is 1. The highest BCUT2D eigenvalue weighted by Gasteiger charge is 2.15. The summed E-state index contributed by atoms with van der Waals surface area (Å²) in [5.74, 6) is -1.12. The van der Waals surface area contributed by atoms with E-state index in [-0.39, 0.29) is 5.75 Å². The van der Waals surface area contributed by atoms with Crippen molar-refractivity contribution >= 4 is 15.8 Å². The maximum Gasteiger partial charge on any atom is 0.320 e. The van der Waals surface area contributed by atoms with Gasteiger partial charge in [-0.15, -0.1) is 0 Å². The molecule has 0 aromatic rings. The van der Waals surface area contributed by atoms with Gasteiger partial charge in [-0.1, -0.05) is 13.3 Å². The lowest BCUT2D eigenvalue weighted by molar-refractivity contribution is -0.137. The molecule has 0 amide bonds. The normalized spacial score (nSPS) is 11.2. The first kappa shape index (κ1) is 11.4. The quantitative estimate of drug-likeness (QED) is 0.593. The molecule has 0 heterocycles. The fourth-order valence-electron chi connectivity index (χ4n) is 0.675. The predicted octanol–water partition coefficient (Wildman–Crippen LogP) is 0.374. The summed E-state index contributed by atoms with van der Waals surface area (Å²) in [4.78, 5) is 10.6. The molecule has 0 aromatic heterocycles. The maximum absolute atomic E-state index is 11.1. The van der Waals surface area contributed by atoms with Crippen LogP contribution in [0.2, 0.25) is 0 Å². The van der Waals surface area contributed by atoms with Gasteiger partial charge in [0.1, 0.15) is 5.75 Å². The number of carbonyl (C=O) groups excluding carboxylic acids is 1. The van der Waals surface area contributed by atoms with E-state index in [9.17, 15) is 13.2 Å². The van der Waals surface area contributed by atoms with Crippen LogP contribution in [0.5, 0.6) is 0 Å². The lowest BCUT2D eigenvalue weighted by Crippen LogP contribution is -2.19. The average Bonchev–Trinajstić information content (AvgIpc) is 2.00. The molecule has 0 rings (SSSR count). The third kappa shape index (κ3) is 5.12. The zero-order valence-corrected chi connectivity index (χ0v) is 8.19. The van der Waals surface area contributed by atoms with Crippen LogP contribution in [0.25, 0.3) is 0 Å². The molecule has 0 aliphatic heterocycles. The second-order valence-corrected chi connectivity index (χ2v) is 4.71. The van der Waals surface area contributed by atoms with Crippen molar-refractivity contribution in [1.82, 2.24) is 0 Å². The van der Waals surface area contributed by atoms with E-state index < -0.39 is 21.6 Å². The van der Waals surface area contributed by atoms with Crippen LogP contribution in [0, 0.1) is 0 Å². The average molecular weight is 194 g/mol. The van der Waals surface area contributed by atoms with Crippen LogP contribution >= 0.6 is 0 Å². The highest BCUT2D eigenvalue weighted by atomic mass is 32.2. The van der Waals surface area contributed by atoms with Crippen molar-refractivity contribution < 1.29 is 17.9 Å². The molecule has 0 unspecified atom stereocenters. The molecule has 0 bridgehead atoms. The molecule has 0 fully saturated rings. The van der Waals surface area contributed by atoms with E-state index in [1.807, 2.05) is 6.92 Å². The molecular formula is C7H14O4S. The smallest absolute Gasteiger partial charge is 0.320 e. The van der Waals surface area contributed by atoms with Crippen molar-refractivity contribution in [3.63, 3.8) is 0 Å². The first-order chi connectivity index (χ1) is 5.52. The predicted molar refractivity (Wildman–Crippen MR) is 45.6 cm³/mol. The van der Waals surface area contributed by atoms with Crippen molar-refractivity contribution in [2.75, 3.05) is 18.6 Å². The van der Waals surface area contributed by atoms with Gasteiger partial charge in [0.05, 0.1) is 12.9 Å². The van der Waals surface area contributed by atoms with Gasteiger partial charge in [-0.05, 0) is 6.42 Å². The second-order valence-electron chi connectivity index (χ2n) is 2.52. The van der Waals surface area contributed by atoms with Crippen molar-refractivity contribution in [3.05, 3.63) is 0 Å². The van der Waals surface area contributed by atoms with Gasteiger partial charge in [0.2, 0.25) is 0 Å². The number of esters is 1. The van der Waals surface area contributed by atoms with Gasteiger partial charge in [0.25, 0.3) is 0 Å². The topological polar surface area (TPSA) is 60.4 Å². The largest absolute Gasteiger partial charge is 0.468 e. The minimum atomic E-state index is -3.23. The molecule has 0 N–H and O–H groups in total. The number of hydrogen-bond acceptors (Lipinski definition) is 4. The van der Waals surface area contributed by atoms with Crippen LogP contribution in [-0.4, -0.2) is 33.0 Å². The Bertz CT molecular complexity index is 230. The number of unbranched alkanes of at least 4 members (excludes halogenated alkanes) is 1. The highest BCUT2D eigenvalue weighted by Crippen LogP contribution is 1.97. The SMILES string of the molecule is CCCCS(=O)(=O)CC(=O)OC. The summed E-state index contributed by atoms with van der Waals surface area (Å²) in [6.45, 7) is 1.90. The number of ether oxygens (including phenoxy) is 1. The van der Waals surface area contributed by atoms with E-state index in [2.05, 4.69) is 4.74 Å². The molecule has 0 radical (unpaired) electrons. The van der Waals surface area contributed by atoms with Gasteiger partial charge >= 0.3 is 5.97 Å². The van der Waals surface area contributed by atoms with E-state index in [0.29, 0.717) is 6.42 Å². The summed E-state index contributed by atoms with van der Waals surface area (Å²) in [5.41, 5.74) is 0. The number of carbonyl (C=O) groups is 1. The lowest BCUT2D eigenvalue weighted by Gasteiger charge is -2.00. The van der Waals surface area contributed by atoms with Crippen LogP contribution in [0.4, 0.5) is 0 Å². The third-order valence-corrected chi connectivity index (χ3v) is 2.96. The van der Waals surface area contributed by atoms with Crippen LogP contribution in [0.3, 0.4) is 0 Å². The third-order valence-electron chi connectivity index (χ3n) is 1.37. The summed E-state index contributed by atoms with van der Waals surface area (Å²) in [7, 11) is -2.05. The van der Waals surface area contributed by atoms with Crippen molar-refractivity contribution in [1.29, 1.82) is 0 Å². The monoisotopic (exact) mass is 194 g/mol. The van der Waals surface area contributed by atoms with Gasteiger partial charge in [0.15, 0.2) is 9.84 Å². The molecular weight excluding hydrogens is 180 g/mol. The van der Waals surface area contributed by atoms with Crippen LogP contribution < -0.4 is 0 Å². The highest BCUT2D eigenvalue weighted by molar-refractivity contribution is 7.92. The van der Waals surface area contributed by atoms with Crippen LogP contribution in [0.15, 0.2) is 0 Å². The van der Waals surface area contributed by atoms with Gasteiger partial charge < -0.3 is 4.74 Å². The molecule has 0 atom stereocenters. The van der Waals surface area contributed by atoms with Gasteiger partial charge in [0, 0.05) is 0 Å². The van der Waals surface area contributed by atoms with Crippen LogP contribution in [-0.2, 0) is 19.4 Å². The molecule has 0 aliphatic rings. The number of rotatable bonds is 5. The number of methoxy groups -OCH3 is 1. The molecule has 12 heavy (non-hydrogen) atoms. The Kier molecular flexibility index (Phi) is 4.89.